The van der Waals surface area contributed by atoms with Gasteiger partial charge in [-0.3, -0.25) is 4.98 Å². The molecule has 18 heavy (non-hydrogen) atoms. The Balaban J connectivity index is 2.35. The molecule has 0 spiro atoms. The maximum Gasteiger partial charge on any atom is 0.173 e. The molecule has 0 fully saturated rings. The van der Waals surface area contributed by atoms with Crippen molar-refractivity contribution in [2.45, 2.75) is 0 Å². The lowest BCUT2D eigenvalue weighted by Crippen LogP contribution is -2.14. The van der Waals surface area contributed by atoms with Gasteiger partial charge in [0.15, 0.2) is 5.84 Å². The molecule has 0 aliphatic carbocycles. The highest BCUT2D eigenvalue weighted by atomic mass is 35.5. The second-order valence-electron chi connectivity index (χ2n) is 3.42. The molecule has 6 heteroatoms. The summed E-state index contributed by atoms with van der Waals surface area (Å²) in [6.45, 7) is 0. The van der Waals surface area contributed by atoms with E-state index in [1.54, 1.807) is 30.3 Å². The molecule has 3 N–H and O–H groups in total. The lowest BCUT2D eigenvalue weighted by Gasteiger charge is -2.09. The van der Waals surface area contributed by atoms with Crippen LogP contribution in [0.4, 0.5) is 0 Å². The Kier molecular flexibility index (Phi) is 3.64. The number of rotatable bonds is 3. The second-order valence-corrected chi connectivity index (χ2v) is 3.86. The van der Waals surface area contributed by atoms with E-state index >= 15 is 0 Å². The summed E-state index contributed by atoms with van der Waals surface area (Å²) in [4.78, 5) is 3.91. The minimum absolute atomic E-state index is 0.0272. The number of nitrogens with zero attached hydrogens (tertiary/aromatic N) is 2. The largest absolute Gasteiger partial charge is 0.455 e. The Hall–Kier alpha value is -2.27. The Bertz CT molecular complexity index is 587. The number of hydrogen-bond acceptors (Lipinski definition) is 4. The molecule has 0 aliphatic heterocycles. The van der Waals surface area contributed by atoms with Gasteiger partial charge < -0.3 is 15.7 Å². The molecule has 0 bridgehead atoms. The molecular weight excluding hydrogens is 254 g/mol. The molecule has 2 aromatic rings. The first-order valence-electron chi connectivity index (χ1n) is 5.06. The van der Waals surface area contributed by atoms with E-state index < -0.39 is 0 Å². The van der Waals surface area contributed by atoms with Gasteiger partial charge in [0, 0.05) is 12.3 Å². The summed E-state index contributed by atoms with van der Waals surface area (Å²) >= 11 is 5.81. The molecular formula is C12H10ClN3O2. The van der Waals surface area contributed by atoms with Gasteiger partial charge in [-0.05, 0) is 12.1 Å². The third kappa shape index (κ3) is 2.70. The van der Waals surface area contributed by atoms with Crippen LogP contribution in [0.3, 0.4) is 0 Å². The third-order valence-electron chi connectivity index (χ3n) is 2.18. The van der Waals surface area contributed by atoms with Crippen LogP contribution in [0.25, 0.3) is 0 Å². The molecule has 0 unspecified atom stereocenters. The molecule has 1 heterocycles. The summed E-state index contributed by atoms with van der Waals surface area (Å²) in [6, 6.07) is 8.55. The van der Waals surface area contributed by atoms with Gasteiger partial charge in [-0.1, -0.05) is 28.9 Å². The van der Waals surface area contributed by atoms with Crippen molar-refractivity contribution in [2.75, 3.05) is 0 Å². The van der Waals surface area contributed by atoms with Gasteiger partial charge in [0.05, 0.1) is 16.8 Å². The van der Waals surface area contributed by atoms with Gasteiger partial charge in [-0.2, -0.15) is 0 Å². The van der Waals surface area contributed by atoms with E-state index in [0.717, 1.165) is 0 Å². The smallest absolute Gasteiger partial charge is 0.173 e. The minimum atomic E-state index is -0.0272. The lowest BCUT2D eigenvalue weighted by molar-refractivity contribution is 0.318. The number of para-hydroxylation sites is 1. The Morgan fingerprint density at radius 2 is 2.11 bits per heavy atom. The molecule has 0 radical (unpaired) electrons. The quantitative estimate of drug-likeness (QED) is 0.386. The maximum atomic E-state index is 8.70. The summed E-state index contributed by atoms with van der Waals surface area (Å²) in [7, 11) is 0. The SMILES string of the molecule is NC(=NO)c1ccccc1Oc1cncc(Cl)c1. The van der Waals surface area contributed by atoms with Crippen molar-refractivity contribution >= 4 is 17.4 Å². The number of aromatic nitrogens is 1. The van der Waals surface area contributed by atoms with Crippen molar-refractivity contribution in [3.8, 4) is 11.5 Å². The Morgan fingerprint density at radius 3 is 2.83 bits per heavy atom. The summed E-state index contributed by atoms with van der Waals surface area (Å²) < 4.78 is 5.59. The number of halogens is 1. The molecule has 5 nitrogen and oxygen atoms in total. The van der Waals surface area contributed by atoms with E-state index in [1.807, 2.05) is 0 Å². The summed E-state index contributed by atoms with van der Waals surface area (Å²) in [5, 5.41) is 12.1. The third-order valence-corrected chi connectivity index (χ3v) is 2.39. The molecule has 0 atom stereocenters. The van der Waals surface area contributed by atoms with Crippen LogP contribution in [0.5, 0.6) is 11.5 Å². The zero-order valence-corrected chi connectivity index (χ0v) is 10.0. The minimum Gasteiger partial charge on any atom is -0.455 e. The van der Waals surface area contributed by atoms with Crippen LogP contribution in [-0.4, -0.2) is 16.0 Å². The number of amidine groups is 1. The fourth-order valence-corrected chi connectivity index (χ4v) is 1.56. The maximum absolute atomic E-state index is 8.70. The Labute approximate surface area is 108 Å². The van der Waals surface area contributed by atoms with Gasteiger partial charge in [-0.25, -0.2) is 0 Å². The first-order valence-corrected chi connectivity index (χ1v) is 5.44. The summed E-state index contributed by atoms with van der Waals surface area (Å²) in [5.41, 5.74) is 6.04. The van der Waals surface area contributed by atoms with Crippen LogP contribution in [0, 0.1) is 0 Å². The molecule has 0 saturated carbocycles. The number of benzene rings is 1. The molecule has 1 aromatic heterocycles. The molecule has 1 aromatic carbocycles. The van der Waals surface area contributed by atoms with Crippen molar-refractivity contribution in [3.05, 3.63) is 53.3 Å². The topological polar surface area (TPSA) is 80.7 Å². The van der Waals surface area contributed by atoms with Gasteiger partial charge in [-0.15, -0.1) is 0 Å². The normalized spacial score (nSPS) is 11.3. The molecule has 2 rings (SSSR count). The van der Waals surface area contributed by atoms with Gasteiger partial charge in [0.1, 0.15) is 11.5 Å². The fourth-order valence-electron chi connectivity index (χ4n) is 1.40. The number of hydrogen-bond donors (Lipinski definition) is 2. The van der Waals surface area contributed by atoms with Crippen LogP contribution >= 0.6 is 11.6 Å². The fraction of sp³-hybridized carbons (Fsp3) is 0. The predicted molar refractivity (Wildman–Crippen MR) is 68.3 cm³/mol. The van der Waals surface area contributed by atoms with Gasteiger partial charge >= 0.3 is 0 Å². The van der Waals surface area contributed by atoms with Crippen LogP contribution in [0.2, 0.25) is 5.02 Å². The Morgan fingerprint density at radius 1 is 1.33 bits per heavy atom. The zero-order chi connectivity index (χ0) is 13.0. The first kappa shape index (κ1) is 12.2. The van der Waals surface area contributed by atoms with E-state index in [-0.39, 0.29) is 5.84 Å². The number of nitrogens with two attached hydrogens (primary N) is 1. The molecule has 0 aliphatic rings. The first-order chi connectivity index (χ1) is 8.70. The van der Waals surface area contributed by atoms with E-state index in [9.17, 15) is 0 Å². The number of pyridine rings is 1. The molecule has 0 amide bonds. The van der Waals surface area contributed by atoms with Crippen LogP contribution in [0.15, 0.2) is 47.9 Å². The van der Waals surface area contributed by atoms with E-state index in [0.29, 0.717) is 22.1 Å². The second kappa shape index (κ2) is 5.37. The van der Waals surface area contributed by atoms with Crippen LogP contribution < -0.4 is 10.5 Å². The highest BCUT2D eigenvalue weighted by Gasteiger charge is 2.08. The number of oxime groups is 1. The van der Waals surface area contributed by atoms with Gasteiger partial charge in [0.25, 0.3) is 0 Å². The average molecular weight is 264 g/mol. The zero-order valence-electron chi connectivity index (χ0n) is 9.25. The van der Waals surface area contributed by atoms with Gasteiger partial charge in [0.2, 0.25) is 0 Å². The van der Waals surface area contributed by atoms with E-state index in [1.165, 1.54) is 12.4 Å². The monoisotopic (exact) mass is 263 g/mol. The van der Waals surface area contributed by atoms with Crippen LogP contribution in [-0.2, 0) is 0 Å². The number of ether oxygens (including phenoxy) is 1. The van der Waals surface area contributed by atoms with Crippen molar-refractivity contribution in [1.29, 1.82) is 0 Å². The highest BCUT2D eigenvalue weighted by molar-refractivity contribution is 6.30. The molecule has 0 saturated heterocycles. The average Bonchev–Trinajstić information content (AvgIpc) is 2.38. The van der Waals surface area contributed by atoms with Crippen molar-refractivity contribution in [3.63, 3.8) is 0 Å². The highest BCUT2D eigenvalue weighted by Crippen LogP contribution is 2.26. The van der Waals surface area contributed by atoms with Crippen LogP contribution in [0.1, 0.15) is 5.56 Å². The summed E-state index contributed by atoms with van der Waals surface area (Å²) in [5.74, 6) is 0.901. The lowest BCUT2D eigenvalue weighted by atomic mass is 10.2. The van der Waals surface area contributed by atoms with Crippen molar-refractivity contribution < 1.29 is 9.94 Å². The molecule has 92 valence electrons. The van der Waals surface area contributed by atoms with E-state index in [2.05, 4.69) is 10.1 Å². The van der Waals surface area contributed by atoms with Crippen molar-refractivity contribution in [2.24, 2.45) is 10.9 Å². The predicted octanol–water partition coefficient (Wildman–Crippen LogP) is 2.62. The summed E-state index contributed by atoms with van der Waals surface area (Å²) in [6.07, 6.45) is 3.03. The van der Waals surface area contributed by atoms with E-state index in [4.69, 9.17) is 27.3 Å². The van der Waals surface area contributed by atoms with Crippen molar-refractivity contribution in [1.82, 2.24) is 4.98 Å². The standard InChI is InChI=1S/C12H10ClN3O2/c13-8-5-9(7-15-6-8)18-11-4-2-1-3-10(11)12(14)16-17/h1-7,17H,(H2,14,16).